The minimum absolute atomic E-state index is 0.0577. The lowest BCUT2D eigenvalue weighted by Gasteiger charge is -2.33. The molecule has 10 nitrogen and oxygen atoms in total. The Morgan fingerprint density at radius 3 is 2.60 bits per heavy atom. The van der Waals surface area contributed by atoms with Crippen LogP contribution in [-0.4, -0.2) is 95.5 Å². The van der Waals surface area contributed by atoms with E-state index in [4.69, 9.17) is 15.2 Å². The van der Waals surface area contributed by atoms with Crippen molar-refractivity contribution >= 4 is 49.1 Å². The molecule has 0 aliphatic carbocycles. The van der Waals surface area contributed by atoms with Crippen LogP contribution in [-0.2, 0) is 21.9 Å². The average molecular weight is 838 g/mol. The van der Waals surface area contributed by atoms with E-state index in [9.17, 15) is 14.4 Å². The number of halogens is 8. The summed E-state index contributed by atoms with van der Waals surface area (Å²) in [5.41, 5.74) is -1.83. The van der Waals surface area contributed by atoms with Crippen LogP contribution >= 0.6 is 11.3 Å². The van der Waals surface area contributed by atoms with Gasteiger partial charge in [-0.05, 0) is 69.7 Å². The lowest BCUT2D eigenvalue weighted by molar-refractivity contribution is -0.145. The van der Waals surface area contributed by atoms with E-state index in [-0.39, 0.29) is 60.6 Å². The van der Waals surface area contributed by atoms with Crippen molar-refractivity contribution in [2.24, 2.45) is 0 Å². The second-order valence-electron chi connectivity index (χ2n) is 15.4. The number of amides is 1. The van der Waals surface area contributed by atoms with Crippen LogP contribution in [0.25, 0.3) is 32.1 Å². The van der Waals surface area contributed by atoms with Crippen LogP contribution in [0.2, 0.25) is 0 Å². The predicted molar refractivity (Wildman–Crippen MR) is 200 cm³/mol. The number of hydrogen-bond donors (Lipinski definition) is 1. The lowest BCUT2D eigenvalue weighted by Crippen LogP contribution is -2.44. The number of carbonyl (C=O) groups is 1. The van der Waals surface area contributed by atoms with Gasteiger partial charge in [0.2, 0.25) is 0 Å². The van der Waals surface area contributed by atoms with Gasteiger partial charge in [0.05, 0.1) is 32.4 Å². The highest BCUT2D eigenvalue weighted by molar-refractivity contribution is 7.23. The molecule has 2 aromatic carbocycles. The Morgan fingerprint density at radius 2 is 1.91 bits per heavy atom. The summed E-state index contributed by atoms with van der Waals surface area (Å²) in [5, 5.41) is 8.55. The number of hydrogen-bond acceptors (Lipinski definition) is 10. The molecule has 0 saturated carbocycles. The number of benzene rings is 2. The van der Waals surface area contributed by atoms with Gasteiger partial charge >= 0.3 is 18.4 Å². The quantitative estimate of drug-likeness (QED) is 0.176. The molecule has 6 heterocycles. The minimum Gasteiger partial charge on any atom is -0.461 e. The third kappa shape index (κ3) is 6.93. The van der Waals surface area contributed by atoms with Gasteiger partial charge in [0.1, 0.15) is 41.6 Å². The molecule has 4 aromatic rings. The van der Waals surface area contributed by atoms with E-state index in [1.54, 1.807) is 22.8 Å². The Bertz CT molecular complexity index is 2310. The molecule has 310 valence electrons. The highest BCUT2D eigenvalue weighted by Crippen LogP contribution is 2.52. The standard InChI is InChI=1S/C39H39F8N7O3S/c1-2-54(21-9-12-52(18-21)35(55)27-6-3-4-13-56-27)34-23-14-25(38(42,43)44)29(22-7-8-26(41)32-28(22)24(16-48)33(49)58-32)30(39(45,46)47)31(23)50-36(51-34)57-19-37-10-5-11-53(37)17-20(40)15-37/h7-8,14,20-21,27H,2-6,9-13,15,17-19,49H2,1H3/t20-,21+,27-,37+/m1/s1. The Morgan fingerprint density at radius 1 is 1.12 bits per heavy atom. The van der Waals surface area contributed by atoms with E-state index >= 15 is 30.7 Å². The van der Waals surface area contributed by atoms with Crippen molar-refractivity contribution in [1.29, 1.82) is 5.26 Å². The van der Waals surface area contributed by atoms with Crippen molar-refractivity contribution in [2.45, 2.75) is 88.1 Å². The first-order chi connectivity index (χ1) is 27.5. The normalized spacial score (nSPS) is 24.1. The van der Waals surface area contributed by atoms with Crippen molar-refractivity contribution in [3.63, 3.8) is 0 Å². The number of nitrogens with two attached hydrogens (primary N) is 1. The molecule has 0 spiro atoms. The van der Waals surface area contributed by atoms with E-state index in [2.05, 4.69) is 9.97 Å². The van der Waals surface area contributed by atoms with Crippen LogP contribution in [0.15, 0.2) is 18.2 Å². The number of nitrogens with zero attached hydrogens (tertiary/aromatic N) is 6. The Hall–Kier alpha value is -4.54. The molecular formula is C39H39F8N7O3S. The van der Waals surface area contributed by atoms with Crippen molar-refractivity contribution in [1.82, 2.24) is 19.8 Å². The van der Waals surface area contributed by atoms with Gasteiger partial charge in [0, 0.05) is 61.6 Å². The number of thiophene rings is 1. The largest absolute Gasteiger partial charge is 0.461 e. The SMILES string of the molecule is CCN(c1nc(OC[C@@]23CCCN2C[C@H](F)C3)nc2c(C(F)(F)F)c(-c3ccc(F)c4sc(N)c(C#N)c34)c(C(F)(F)F)cc12)[C@H]1CCN(C(=O)[C@H]2CCCCO2)C1. The Balaban J connectivity index is 1.35. The van der Waals surface area contributed by atoms with Gasteiger partial charge in [-0.2, -0.15) is 41.6 Å². The molecule has 4 atom stereocenters. The molecule has 1 amide bonds. The number of carbonyl (C=O) groups excluding carboxylic acids is 1. The molecule has 0 radical (unpaired) electrons. The van der Waals surface area contributed by atoms with E-state index in [1.165, 1.54) is 0 Å². The van der Waals surface area contributed by atoms with Gasteiger partial charge in [-0.15, -0.1) is 11.3 Å². The van der Waals surface area contributed by atoms with Crippen LogP contribution in [0.4, 0.5) is 45.9 Å². The second kappa shape index (κ2) is 14.9. The second-order valence-corrected chi connectivity index (χ2v) is 16.4. The molecule has 0 unspecified atom stereocenters. The number of likely N-dealkylation sites (N-methyl/N-ethyl adjacent to an activating group) is 1. The van der Waals surface area contributed by atoms with Crippen LogP contribution in [0, 0.1) is 17.1 Å². The highest BCUT2D eigenvalue weighted by Gasteiger charge is 2.50. The summed E-state index contributed by atoms with van der Waals surface area (Å²) in [6.45, 7) is 3.09. The summed E-state index contributed by atoms with van der Waals surface area (Å²) in [4.78, 5) is 27.2. The van der Waals surface area contributed by atoms with E-state index in [0.717, 1.165) is 31.4 Å². The van der Waals surface area contributed by atoms with Gasteiger partial charge in [0.25, 0.3) is 5.91 Å². The molecular weight excluding hydrogens is 799 g/mol. The summed E-state index contributed by atoms with van der Waals surface area (Å²) in [6.07, 6.45) is -8.86. The van der Waals surface area contributed by atoms with Crippen LogP contribution in [0.5, 0.6) is 6.01 Å². The Kier molecular flexibility index (Phi) is 10.4. The first-order valence-corrected chi connectivity index (χ1v) is 20.0. The summed E-state index contributed by atoms with van der Waals surface area (Å²) in [5.74, 6) is -1.51. The summed E-state index contributed by atoms with van der Waals surface area (Å²) >= 11 is 0.531. The fourth-order valence-electron chi connectivity index (χ4n) is 9.37. The zero-order valence-electron chi connectivity index (χ0n) is 31.3. The maximum absolute atomic E-state index is 15.8. The zero-order valence-corrected chi connectivity index (χ0v) is 32.1. The third-order valence-electron chi connectivity index (χ3n) is 12.0. The molecule has 0 bridgehead atoms. The summed E-state index contributed by atoms with van der Waals surface area (Å²) < 4.78 is 135. The molecule has 4 saturated heterocycles. The van der Waals surface area contributed by atoms with Gasteiger partial charge < -0.3 is 25.0 Å². The van der Waals surface area contributed by atoms with Crippen LogP contribution in [0.1, 0.15) is 68.6 Å². The van der Waals surface area contributed by atoms with Crippen LogP contribution < -0.4 is 15.4 Å². The number of alkyl halides is 7. The highest BCUT2D eigenvalue weighted by atomic mass is 32.1. The topological polar surface area (TPSA) is 121 Å². The van der Waals surface area contributed by atoms with E-state index < -0.39 is 92.1 Å². The third-order valence-corrected chi connectivity index (χ3v) is 13.0. The molecule has 4 fully saturated rings. The zero-order chi connectivity index (χ0) is 41.3. The number of aromatic nitrogens is 2. The fraction of sp³-hybridized carbons (Fsp3) is 0.538. The van der Waals surface area contributed by atoms with Gasteiger partial charge in [-0.25, -0.2) is 8.78 Å². The van der Waals surface area contributed by atoms with Gasteiger partial charge in [-0.3, -0.25) is 9.69 Å². The van der Waals surface area contributed by atoms with Gasteiger partial charge in [-0.1, -0.05) is 6.07 Å². The number of fused-ring (bicyclic) bond motifs is 3. The molecule has 8 rings (SSSR count). The number of nitriles is 1. The minimum atomic E-state index is -5.52. The van der Waals surface area contributed by atoms with Crippen molar-refractivity contribution in [3.05, 3.63) is 40.7 Å². The number of anilines is 2. The number of likely N-dealkylation sites (tertiary alicyclic amines) is 1. The molecule has 4 aliphatic rings. The lowest BCUT2D eigenvalue weighted by atomic mass is 9.88. The maximum atomic E-state index is 15.8. The predicted octanol–water partition coefficient (Wildman–Crippen LogP) is 8.09. The maximum Gasteiger partial charge on any atom is 0.419 e. The molecule has 2 aromatic heterocycles. The molecule has 19 heteroatoms. The number of rotatable bonds is 8. The smallest absolute Gasteiger partial charge is 0.419 e. The summed E-state index contributed by atoms with van der Waals surface area (Å²) in [7, 11) is 0. The number of ether oxygens (including phenoxy) is 2. The summed E-state index contributed by atoms with van der Waals surface area (Å²) in [6, 6.07) is 2.62. The van der Waals surface area contributed by atoms with Crippen LogP contribution in [0.3, 0.4) is 0 Å². The van der Waals surface area contributed by atoms with Crippen molar-refractivity contribution in [2.75, 3.05) is 56.6 Å². The molecule has 2 N–H and O–H groups in total. The fourth-order valence-corrected chi connectivity index (χ4v) is 10.3. The Labute approximate surface area is 331 Å². The van der Waals surface area contributed by atoms with Crippen molar-refractivity contribution in [3.8, 4) is 23.2 Å². The number of nitrogen functional groups attached to an aromatic ring is 1. The van der Waals surface area contributed by atoms with Crippen molar-refractivity contribution < 1.29 is 49.4 Å². The molecule has 4 aliphatic heterocycles. The monoisotopic (exact) mass is 837 g/mol. The van der Waals surface area contributed by atoms with Gasteiger partial charge in [0.15, 0.2) is 0 Å². The first-order valence-electron chi connectivity index (χ1n) is 19.2. The van der Waals surface area contributed by atoms with E-state index in [1.807, 2.05) is 4.90 Å². The van der Waals surface area contributed by atoms with E-state index in [0.29, 0.717) is 49.8 Å². The molecule has 58 heavy (non-hydrogen) atoms. The average Bonchev–Trinajstić information content (AvgIpc) is 3.96. The first kappa shape index (κ1) is 40.2.